The lowest BCUT2D eigenvalue weighted by molar-refractivity contribution is -0.120. The van der Waals surface area contributed by atoms with Crippen molar-refractivity contribution in [1.82, 2.24) is 4.31 Å². The predicted octanol–water partition coefficient (Wildman–Crippen LogP) is 3.17. The largest absolute Gasteiger partial charge is 0.495 e. The van der Waals surface area contributed by atoms with Crippen molar-refractivity contribution >= 4 is 45.0 Å². The number of hydrogen-bond acceptors (Lipinski definition) is 6. The molecule has 8 nitrogen and oxygen atoms in total. The number of methoxy groups -OCH3 is 1. The van der Waals surface area contributed by atoms with Crippen LogP contribution < -0.4 is 15.4 Å². The first kappa shape index (κ1) is 23.1. The molecule has 0 saturated heterocycles. The highest BCUT2D eigenvalue weighted by atomic mass is 32.2. The van der Waals surface area contributed by atoms with Gasteiger partial charge in [-0.1, -0.05) is 26.0 Å². The summed E-state index contributed by atoms with van der Waals surface area (Å²) in [4.78, 5) is 26.0. The van der Waals surface area contributed by atoms with Gasteiger partial charge in [0.1, 0.15) is 5.75 Å². The molecule has 0 bridgehead atoms. The number of fused-ring (bicyclic) bond motifs is 1. The topological polar surface area (TPSA) is 105 Å². The number of nitrogens with one attached hydrogen (secondary N) is 2. The monoisotopic (exact) mass is 463 g/mol. The van der Waals surface area contributed by atoms with Gasteiger partial charge in [0.05, 0.1) is 28.6 Å². The number of nitrogens with zero attached hydrogens (tertiary/aromatic N) is 1. The Hall–Kier alpha value is -2.56. The van der Waals surface area contributed by atoms with E-state index in [4.69, 9.17) is 4.74 Å². The fourth-order valence-corrected chi connectivity index (χ4v) is 5.85. The number of carbonyl (C=O) groups excluding carboxylic acids is 2. The van der Waals surface area contributed by atoms with Crippen LogP contribution in [0.25, 0.3) is 0 Å². The standard InChI is InChI=1S/C21H25N3O5S2/c1-4-24(5-2)31(27,28)14-10-11-17(29-3)16(12-14)22-20(25)13-19-21(26)23-15-8-6-7-9-18(15)30-19/h6-12,19H,4-5,13H2,1-3H3,(H,22,25)(H,23,26). The van der Waals surface area contributed by atoms with Crippen LogP contribution in [0.2, 0.25) is 0 Å². The third-order valence-corrected chi connectivity index (χ3v) is 8.19. The minimum atomic E-state index is -3.70. The molecule has 2 amide bonds. The van der Waals surface area contributed by atoms with E-state index >= 15 is 0 Å². The third kappa shape index (κ3) is 5.03. The van der Waals surface area contributed by atoms with E-state index in [0.29, 0.717) is 18.8 Å². The summed E-state index contributed by atoms with van der Waals surface area (Å²) in [7, 11) is -2.26. The minimum Gasteiger partial charge on any atom is -0.495 e. The van der Waals surface area contributed by atoms with Gasteiger partial charge in [-0.2, -0.15) is 4.31 Å². The molecule has 0 fully saturated rings. The summed E-state index contributed by atoms with van der Waals surface area (Å²) in [5.74, 6) is -0.329. The smallest absolute Gasteiger partial charge is 0.243 e. The zero-order valence-corrected chi connectivity index (χ0v) is 19.2. The lowest BCUT2D eigenvalue weighted by Gasteiger charge is -2.23. The number of benzene rings is 2. The highest BCUT2D eigenvalue weighted by Crippen LogP contribution is 2.37. The maximum Gasteiger partial charge on any atom is 0.243 e. The Balaban J connectivity index is 1.79. The number of thioether (sulfide) groups is 1. The molecular weight excluding hydrogens is 438 g/mol. The Morgan fingerprint density at radius 3 is 2.58 bits per heavy atom. The van der Waals surface area contributed by atoms with Crippen molar-refractivity contribution in [1.29, 1.82) is 0 Å². The highest BCUT2D eigenvalue weighted by Gasteiger charge is 2.29. The van der Waals surface area contributed by atoms with E-state index in [2.05, 4.69) is 10.6 Å². The van der Waals surface area contributed by atoms with Crippen LogP contribution >= 0.6 is 11.8 Å². The van der Waals surface area contributed by atoms with Crippen molar-refractivity contribution in [2.75, 3.05) is 30.8 Å². The first-order chi connectivity index (χ1) is 14.8. The normalized spacial score (nSPS) is 15.9. The quantitative estimate of drug-likeness (QED) is 0.623. The SMILES string of the molecule is CCN(CC)S(=O)(=O)c1ccc(OC)c(NC(=O)CC2Sc3ccccc3NC2=O)c1. The van der Waals surface area contributed by atoms with Crippen LogP contribution in [0.4, 0.5) is 11.4 Å². The second kappa shape index (κ2) is 9.71. The number of rotatable bonds is 8. The van der Waals surface area contributed by atoms with Crippen LogP contribution in [0.15, 0.2) is 52.3 Å². The summed E-state index contributed by atoms with van der Waals surface area (Å²) in [5.41, 5.74) is 0.965. The van der Waals surface area contributed by atoms with E-state index in [1.165, 1.54) is 41.4 Å². The summed E-state index contributed by atoms with van der Waals surface area (Å²) < 4.78 is 32.3. The number of anilines is 2. The second-order valence-electron chi connectivity index (χ2n) is 6.80. The van der Waals surface area contributed by atoms with Gasteiger partial charge in [0.25, 0.3) is 0 Å². The summed E-state index contributed by atoms with van der Waals surface area (Å²) in [5, 5.41) is 4.91. The van der Waals surface area contributed by atoms with Gasteiger partial charge < -0.3 is 15.4 Å². The number of hydrogen-bond donors (Lipinski definition) is 2. The molecule has 1 heterocycles. The molecule has 0 aliphatic carbocycles. The summed E-state index contributed by atoms with van der Waals surface area (Å²) in [6.45, 7) is 4.20. The van der Waals surface area contributed by atoms with E-state index in [9.17, 15) is 18.0 Å². The first-order valence-electron chi connectivity index (χ1n) is 9.84. The fraction of sp³-hybridized carbons (Fsp3) is 0.333. The summed E-state index contributed by atoms with van der Waals surface area (Å²) >= 11 is 1.32. The van der Waals surface area contributed by atoms with Crippen molar-refractivity contribution in [2.45, 2.75) is 35.3 Å². The van der Waals surface area contributed by atoms with Crippen molar-refractivity contribution in [3.63, 3.8) is 0 Å². The minimum absolute atomic E-state index is 0.0611. The lowest BCUT2D eigenvalue weighted by atomic mass is 10.2. The van der Waals surface area contributed by atoms with E-state index < -0.39 is 21.2 Å². The van der Waals surface area contributed by atoms with Crippen molar-refractivity contribution < 1.29 is 22.7 Å². The Bertz CT molecular complexity index is 1080. The summed E-state index contributed by atoms with van der Waals surface area (Å²) in [6, 6.07) is 11.7. The van der Waals surface area contributed by atoms with Crippen LogP contribution in [0.1, 0.15) is 20.3 Å². The Kier molecular flexibility index (Phi) is 7.24. The van der Waals surface area contributed by atoms with Crippen LogP contribution in [-0.2, 0) is 19.6 Å². The highest BCUT2D eigenvalue weighted by molar-refractivity contribution is 8.01. The van der Waals surface area contributed by atoms with Gasteiger partial charge in [0, 0.05) is 24.4 Å². The average Bonchev–Trinajstić information content (AvgIpc) is 2.74. The van der Waals surface area contributed by atoms with Crippen LogP contribution in [0, 0.1) is 0 Å². The fourth-order valence-electron chi connectivity index (χ4n) is 3.25. The van der Waals surface area contributed by atoms with Gasteiger partial charge in [-0.05, 0) is 30.3 Å². The van der Waals surface area contributed by atoms with E-state index in [0.717, 1.165) is 10.6 Å². The molecule has 0 spiro atoms. The average molecular weight is 464 g/mol. The first-order valence-corrected chi connectivity index (χ1v) is 12.2. The molecule has 1 unspecified atom stereocenters. The van der Waals surface area contributed by atoms with E-state index in [-0.39, 0.29) is 22.9 Å². The van der Waals surface area contributed by atoms with Crippen molar-refractivity contribution in [3.05, 3.63) is 42.5 Å². The molecule has 3 rings (SSSR count). The van der Waals surface area contributed by atoms with Gasteiger partial charge in [0.15, 0.2) is 0 Å². The number of carbonyl (C=O) groups is 2. The molecule has 10 heteroatoms. The van der Waals surface area contributed by atoms with Crippen molar-refractivity contribution in [2.24, 2.45) is 0 Å². The molecule has 2 aromatic carbocycles. The number of sulfonamides is 1. The predicted molar refractivity (Wildman–Crippen MR) is 121 cm³/mol. The van der Waals surface area contributed by atoms with Gasteiger partial charge in [0.2, 0.25) is 21.8 Å². The zero-order valence-electron chi connectivity index (χ0n) is 17.5. The van der Waals surface area contributed by atoms with Crippen LogP contribution in [0.5, 0.6) is 5.75 Å². The Labute approximate surface area is 186 Å². The van der Waals surface area contributed by atoms with Crippen LogP contribution in [0.3, 0.4) is 0 Å². The van der Waals surface area contributed by atoms with Gasteiger partial charge in [-0.25, -0.2) is 8.42 Å². The molecule has 1 aliphatic heterocycles. The molecular formula is C21H25N3O5S2. The molecule has 0 aromatic heterocycles. The maximum atomic E-state index is 12.8. The third-order valence-electron chi connectivity index (χ3n) is 4.87. The van der Waals surface area contributed by atoms with Crippen molar-refractivity contribution in [3.8, 4) is 5.75 Å². The molecule has 2 N–H and O–H groups in total. The number of amides is 2. The second-order valence-corrected chi connectivity index (χ2v) is 9.98. The van der Waals surface area contributed by atoms with Gasteiger partial charge in [-0.15, -0.1) is 11.8 Å². The molecule has 0 saturated carbocycles. The van der Waals surface area contributed by atoms with Gasteiger partial charge in [-0.3, -0.25) is 9.59 Å². The Morgan fingerprint density at radius 1 is 1.19 bits per heavy atom. The zero-order chi connectivity index (χ0) is 22.6. The van der Waals surface area contributed by atoms with Crippen LogP contribution in [-0.4, -0.2) is 50.0 Å². The van der Waals surface area contributed by atoms with E-state index in [1.54, 1.807) is 13.8 Å². The molecule has 2 aromatic rings. The lowest BCUT2D eigenvalue weighted by Crippen LogP contribution is -2.32. The molecule has 1 aliphatic rings. The molecule has 166 valence electrons. The molecule has 0 radical (unpaired) electrons. The maximum absolute atomic E-state index is 12.8. The molecule has 1 atom stereocenters. The van der Waals surface area contributed by atoms with Gasteiger partial charge >= 0.3 is 0 Å². The Morgan fingerprint density at radius 2 is 1.90 bits per heavy atom. The number of ether oxygens (including phenoxy) is 1. The number of para-hydroxylation sites is 1. The van der Waals surface area contributed by atoms with E-state index in [1.807, 2.05) is 24.3 Å². The molecule has 31 heavy (non-hydrogen) atoms. The summed E-state index contributed by atoms with van der Waals surface area (Å²) in [6.07, 6.45) is -0.0684.